The summed E-state index contributed by atoms with van der Waals surface area (Å²) < 4.78 is 0. The van der Waals surface area contributed by atoms with Crippen LogP contribution in [0, 0.1) is 5.92 Å². The summed E-state index contributed by atoms with van der Waals surface area (Å²) in [4.78, 5) is 26.8. The van der Waals surface area contributed by atoms with Crippen LogP contribution in [-0.4, -0.2) is 35.8 Å². The Morgan fingerprint density at radius 3 is 2.60 bits per heavy atom. The molecule has 2 aliphatic rings. The minimum Gasteiger partial charge on any atom is -0.352 e. The van der Waals surface area contributed by atoms with Crippen LogP contribution in [0.5, 0.6) is 0 Å². The number of likely N-dealkylation sites (tertiary alicyclic amines) is 1. The zero-order chi connectivity index (χ0) is 17.6. The number of amides is 2. The predicted molar refractivity (Wildman–Crippen MR) is 99.7 cm³/mol. The van der Waals surface area contributed by atoms with Crippen molar-refractivity contribution in [3.8, 4) is 0 Å². The van der Waals surface area contributed by atoms with Crippen LogP contribution in [0.2, 0.25) is 5.02 Å². The van der Waals surface area contributed by atoms with E-state index in [1.807, 2.05) is 0 Å². The van der Waals surface area contributed by atoms with Crippen molar-refractivity contribution >= 4 is 23.4 Å². The molecule has 1 aliphatic carbocycles. The summed E-state index contributed by atoms with van der Waals surface area (Å²) in [5.41, 5.74) is 0.594. The number of nitrogens with one attached hydrogen (secondary N) is 1. The molecule has 4 nitrogen and oxygen atoms in total. The summed E-state index contributed by atoms with van der Waals surface area (Å²) in [7, 11) is 0. The highest BCUT2D eigenvalue weighted by Gasteiger charge is 2.35. The topological polar surface area (TPSA) is 49.4 Å². The minimum absolute atomic E-state index is 0.116. The van der Waals surface area contributed by atoms with Crippen molar-refractivity contribution in [2.24, 2.45) is 5.92 Å². The molecule has 0 spiro atoms. The normalized spacial score (nSPS) is 23.0. The molecule has 136 valence electrons. The number of carbonyl (C=O) groups is 2. The van der Waals surface area contributed by atoms with Gasteiger partial charge in [0.1, 0.15) is 0 Å². The molecule has 1 aromatic rings. The lowest BCUT2D eigenvalue weighted by Gasteiger charge is -2.44. The first-order valence-electron chi connectivity index (χ1n) is 9.48. The third-order valence-corrected chi connectivity index (χ3v) is 5.77. The van der Waals surface area contributed by atoms with Crippen molar-refractivity contribution in [1.29, 1.82) is 0 Å². The monoisotopic (exact) mass is 362 g/mol. The van der Waals surface area contributed by atoms with Gasteiger partial charge in [0.2, 0.25) is 5.91 Å². The fourth-order valence-electron chi connectivity index (χ4n) is 4.22. The van der Waals surface area contributed by atoms with Crippen LogP contribution in [0.1, 0.15) is 61.7 Å². The van der Waals surface area contributed by atoms with E-state index in [1.54, 1.807) is 24.3 Å². The number of benzene rings is 1. The Labute approximate surface area is 154 Å². The second-order valence-corrected chi connectivity index (χ2v) is 7.64. The molecule has 1 heterocycles. The number of rotatable bonds is 5. The highest BCUT2D eigenvalue weighted by molar-refractivity contribution is 6.30. The van der Waals surface area contributed by atoms with Gasteiger partial charge in [-0.3, -0.25) is 9.59 Å². The van der Waals surface area contributed by atoms with Crippen LogP contribution >= 0.6 is 11.6 Å². The molecule has 2 amide bonds. The maximum Gasteiger partial charge on any atom is 0.251 e. The SMILES string of the molecule is O=C(NCCCC(=O)N1CCC[C@H]2CCCC[C@H]21)c1ccc(Cl)cc1. The molecule has 1 saturated heterocycles. The lowest BCUT2D eigenvalue weighted by molar-refractivity contribution is -0.137. The quantitative estimate of drug-likeness (QED) is 0.804. The Morgan fingerprint density at radius 2 is 1.80 bits per heavy atom. The molecule has 1 N–H and O–H groups in total. The predicted octanol–water partition coefficient (Wildman–Crippen LogP) is 4.03. The molecule has 2 atom stereocenters. The summed E-state index contributed by atoms with van der Waals surface area (Å²) in [6, 6.07) is 7.30. The fourth-order valence-corrected chi connectivity index (χ4v) is 4.35. The highest BCUT2D eigenvalue weighted by Crippen LogP contribution is 2.35. The number of nitrogens with zero attached hydrogens (tertiary/aromatic N) is 1. The zero-order valence-corrected chi connectivity index (χ0v) is 15.4. The van der Waals surface area contributed by atoms with E-state index < -0.39 is 0 Å². The van der Waals surface area contributed by atoms with Gasteiger partial charge in [0.05, 0.1) is 0 Å². The van der Waals surface area contributed by atoms with Crippen molar-refractivity contribution in [2.75, 3.05) is 13.1 Å². The van der Waals surface area contributed by atoms with Crippen molar-refractivity contribution in [3.63, 3.8) is 0 Å². The van der Waals surface area contributed by atoms with Crippen LogP contribution in [0.25, 0.3) is 0 Å². The summed E-state index contributed by atoms with van der Waals surface area (Å²) in [5, 5.41) is 3.50. The summed E-state index contributed by atoms with van der Waals surface area (Å²) in [6.45, 7) is 1.44. The lowest BCUT2D eigenvalue weighted by Crippen LogP contribution is -2.49. The first-order chi connectivity index (χ1) is 12.1. The maximum atomic E-state index is 12.6. The van der Waals surface area contributed by atoms with E-state index in [9.17, 15) is 9.59 Å². The van der Waals surface area contributed by atoms with Gasteiger partial charge in [0.15, 0.2) is 0 Å². The highest BCUT2D eigenvalue weighted by atomic mass is 35.5. The number of carbonyl (C=O) groups excluding carboxylic acids is 2. The molecule has 0 aromatic heterocycles. The molecule has 5 heteroatoms. The number of fused-ring (bicyclic) bond motifs is 1. The first-order valence-corrected chi connectivity index (χ1v) is 9.86. The molecule has 0 unspecified atom stereocenters. The smallest absolute Gasteiger partial charge is 0.251 e. The van der Waals surface area contributed by atoms with Gasteiger partial charge in [-0.25, -0.2) is 0 Å². The van der Waals surface area contributed by atoms with Gasteiger partial charge in [-0.15, -0.1) is 0 Å². The number of hydrogen-bond acceptors (Lipinski definition) is 2. The van der Waals surface area contributed by atoms with Crippen LogP contribution in [0.3, 0.4) is 0 Å². The van der Waals surface area contributed by atoms with Crippen molar-refractivity contribution in [1.82, 2.24) is 10.2 Å². The largest absolute Gasteiger partial charge is 0.352 e. The van der Waals surface area contributed by atoms with E-state index in [2.05, 4.69) is 10.2 Å². The molecule has 1 aromatic carbocycles. The van der Waals surface area contributed by atoms with Gasteiger partial charge in [-0.1, -0.05) is 24.4 Å². The van der Waals surface area contributed by atoms with E-state index in [0.717, 1.165) is 18.9 Å². The molecule has 0 radical (unpaired) electrons. The van der Waals surface area contributed by atoms with Gasteiger partial charge >= 0.3 is 0 Å². The Balaban J connectivity index is 1.41. The van der Waals surface area contributed by atoms with Gasteiger partial charge < -0.3 is 10.2 Å². The number of piperidine rings is 1. The molecule has 0 bridgehead atoms. The van der Waals surface area contributed by atoms with Gasteiger partial charge in [-0.2, -0.15) is 0 Å². The van der Waals surface area contributed by atoms with Crippen molar-refractivity contribution in [2.45, 2.75) is 57.4 Å². The van der Waals surface area contributed by atoms with E-state index in [0.29, 0.717) is 36.0 Å². The number of halogens is 1. The van der Waals surface area contributed by atoms with E-state index in [1.165, 1.54) is 32.1 Å². The third kappa shape index (κ3) is 4.75. The molecule has 3 rings (SSSR count). The third-order valence-electron chi connectivity index (χ3n) is 5.52. The molecule has 25 heavy (non-hydrogen) atoms. The lowest BCUT2D eigenvalue weighted by atomic mass is 9.78. The molecular weight excluding hydrogens is 336 g/mol. The standard InChI is InChI=1S/C20H27ClN2O2/c21-17-11-9-16(10-12-17)20(25)22-13-3-8-19(24)23-14-4-6-15-5-1-2-7-18(15)23/h9-12,15,18H,1-8,13-14H2,(H,22,25)/t15-,18-/m1/s1. The van der Waals surface area contributed by atoms with Gasteiger partial charge in [0.25, 0.3) is 5.91 Å². The molecule has 2 fully saturated rings. The second-order valence-electron chi connectivity index (χ2n) is 7.21. The zero-order valence-electron chi connectivity index (χ0n) is 14.7. The Hall–Kier alpha value is -1.55. The molecular formula is C20H27ClN2O2. The van der Waals surface area contributed by atoms with E-state index >= 15 is 0 Å². The molecule has 1 saturated carbocycles. The summed E-state index contributed by atoms with van der Waals surface area (Å²) >= 11 is 5.83. The van der Waals surface area contributed by atoms with Crippen molar-refractivity contribution in [3.05, 3.63) is 34.9 Å². The second kappa shape index (κ2) is 8.70. The Bertz CT molecular complexity index is 600. The van der Waals surface area contributed by atoms with Crippen LogP contribution < -0.4 is 5.32 Å². The fraction of sp³-hybridized carbons (Fsp3) is 0.600. The number of hydrogen-bond donors (Lipinski definition) is 1. The van der Waals surface area contributed by atoms with Gasteiger partial charge in [-0.05, 0) is 62.3 Å². The average molecular weight is 363 g/mol. The summed E-state index contributed by atoms with van der Waals surface area (Å²) in [5.74, 6) is 0.864. The Kier molecular flexibility index (Phi) is 6.35. The van der Waals surface area contributed by atoms with Gasteiger partial charge in [0, 0.05) is 36.1 Å². The van der Waals surface area contributed by atoms with Crippen LogP contribution in [-0.2, 0) is 4.79 Å². The first kappa shape index (κ1) is 18.2. The molecule has 1 aliphatic heterocycles. The minimum atomic E-state index is -0.116. The van der Waals surface area contributed by atoms with Crippen LogP contribution in [0.15, 0.2) is 24.3 Å². The maximum absolute atomic E-state index is 12.6. The van der Waals surface area contributed by atoms with Crippen LogP contribution in [0.4, 0.5) is 0 Å². The van der Waals surface area contributed by atoms with E-state index in [-0.39, 0.29) is 11.8 Å². The van der Waals surface area contributed by atoms with Crippen molar-refractivity contribution < 1.29 is 9.59 Å². The summed E-state index contributed by atoms with van der Waals surface area (Å²) in [6.07, 6.45) is 8.65. The van der Waals surface area contributed by atoms with E-state index in [4.69, 9.17) is 11.6 Å². The Morgan fingerprint density at radius 1 is 1.08 bits per heavy atom. The average Bonchev–Trinajstić information content (AvgIpc) is 2.65.